The minimum absolute atomic E-state index is 0.0351. The second-order valence-electron chi connectivity index (χ2n) is 6.93. The Hall–Kier alpha value is -4.34. The van der Waals surface area contributed by atoms with Gasteiger partial charge in [-0.05, 0) is 30.2 Å². The lowest BCUT2D eigenvalue weighted by molar-refractivity contribution is -0.385. The molecule has 1 aliphatic heterocycles. The zero-order chi connectivity index (χ0) is 23.3. The number of nitro groups is 2. The molecule has 1 amide bonds. The Balaban J connectivity index is 2.02. The molecule has 32 heavy (non-hydrogen) atoms. The molecule has 0 radical (unpaired) electrons. The van der Waals surface area contributed by atoms with Crippen LogP contribution in [0.5, 0.6) is 0 Å². The molecule has 10 heteroatoms. The number of likely N-dealkylation sites (tertiary alicyclic amines) is 1. The van der Waals surface area contributed by atoms with Gasteiger partial charge < -0.3 is 4.74 Å². The Bertz CT molecular complexity index is 1070. The predicted molar refractivity (Wildman–Crippen MR) is 116 cm³/mol. The van der Waals surface area contributed by atoms with Crippen LogP contribution in [0.25, 0.3) is 12.2 Å². The van der Waals surface area contributed by atoms with E-state index < -0.39 is 15.9 Å². The van der Waals surface area contributed by atoms with Crippen LogP contribution in [-0.2, 0) is 9.53 Å². The molecule has 0 atom stereocenters. The van der Waals surface area contributed by atoms with E-state index in [4.69, 9.17) is 4.74 Å². The highest BCUT2D eigenvalue weighted by Gasteiger charge is 2.30. The fourth-order valence-corrected chi connectivity index (χ4v) is 3.24. The summed E-state index contributed by atoms with van der Waals surface area (Å²) >= 11 is 0. The predicted octanol–water partition coefficient (Wildman–Crippen LogP) is 4.01. The topological polar surface area (TPSA) is 133 Å². The van der Waals surface area contributed by atoms with Crippen molar-refractivity contribution in [3.63, 3.8) is 0 Å². The minimum atomic E-state index is -0.616. The third-order valence-electron chi connectivity index (χ3n) is 4.68. The molecule has 1 heterocycles. The van der Waals surface area contributed by atoms with Crippen molar-refractivity contribution in [2.45, 2.75) is 6.92 Å². The number of piperidine rings is 1. The molecule has 1 saturated heterocycles. The highest BCUT2D eigenvalue weighted by Crippen LogP contribution is 2.25. The van der Waals surface area contributed by atoms with Crippen LogP contribution >= 0.6 is 0 Å². The van der Waals surface area contributed by atoms with E-state index in [0.29, 0.717) is 11.1 Å². The number of Topliss-reactive ketones (excluding diaryl/α,β-unsaturated/α-hetero) is 1. The third kappa shape index (κ3) is 5.22. The van der Waals surface area contributed by atoms with Crippen LogP contribution < -0.4 is 0 Å². The molecule has 2 aromatic rings. The summed E-state index contributed by atoms with van der Waals surface area (Å²) in [4.78, 5) is 47.8. The molecule has 1 aliphatic rings. The summed E-state index contributed by atoms with van der Waals surface area (Å²) in [7, 11) is 0. The first-order chi connectivity index (χ1) is 15.3. The lowest BCUT2D eigenvalue weighted by Crippen LogP contribution is -2.41. The van der Waals surface area contributed by atoms with Gasteiger partial charge in [-0.3, -0.25) is 29.9 Å². The minimum Gasteiger partial charge on any atom is -0.450 e. The SMILES string of the molecule is CCOC(=O)N1C/C(=C/c2cccc([N+](=O)[O-])c2)C(=O)/C(=C/c2cccc([N+](=O)[O-])c2)C1. The van der Waals surface area contributed by atoms with Gasteiger partial charge in [-0.1, -0.05) is 24.3 Å². The van der Waals surface area contributed by atoms with Gasteiger partial charge >= 0.3 is 6.09 Å². The quantitative estimate of drug-likeness (QED) is 0.392. The van der Waals surface area contributed by atoms with Crippen LogP contribution in [0.15, 0.2) is 59.7 Å². The number of ether oxygens (including phenoxy) is 1. The fraction of sp³-hybridized carbons (Fsp3) is 0.182. The van der Waals surface area contributed by atoms with E-state index >= 15 is 0 Å². The highest BCUT2D eigenvalue weighted by molar-refractivity contribution is 6.15. The molecule has 1 fully saturated rings. The van der Waals surface area contributed by atoms with Gasteiger partial charge in [0.1, 0.15) is 0 Å². The lowest BCUT2D eigenvalue weighted by atomic mass is 9.94. The summed E-state index contributed by atoms with van der Waals surface area (Å²) in [5, 5.41) is 22.1. The molecule has 0 aromatic heterocycles. The van der Waals surface area contributed by atoms with Crippen LogP contribution in [0.3, 0.4) is 0 Å². The van der Waals surface area contributed by atoms with E-state index in [9.17, 15) is 29.8 Å². The monoisotopic (exact) mass is 437 g/mol. The number of non-ortho nitro benzene ring substituents is 2. The maximum atomic E-state index is 13.1. The summed E-state index contributed by atoms with van der Waals surface area (Å²) in [6.45, 7) is 1.74. The number of carbonyl (C=O) groups excluding carboxylic acids is 2. The number of benzene rings is 2. The third-order valence-corrected chi connectivity index (χ3v) is 4.68. The summed E-state index contributed by atoms with van der Waals surface area (Å²) in [5.41, 5.74) is 1.09. The van der Waals surface area contributed by atoms with Crippen molar-refractivity contribution >= 4 is 35.4 Å². The Morgan fingerprint density at radius 1 is 0.969 bits per heavy atom. The van der Waals surface area contributed by atoms with Gasteiger partial charge in [-0.15, -0.1) is 0 Å². The summed E-state index contributed by atoms with van der Waals surface area (Å²) < 4.78 is 5.06. The van der Waals surface area contributed by atoms with Crippen LogP contribution in [-0.4, -0.2) is 46.3 Å². The maximum Gasteiger partial charge on any atom is 0.410 e. The molecule has 2 aromatic carbocycles. The van der Waals surface area contributed by atoms with Crippen molar-refractivity contribution in [1.29, 1.82) is 0 Å². The molecule has 0 bridgehead atoms. The average molecular weight is 437 g/mol. The number of ketones is 1. The van der Waals surface area contributed by atoms with Gasteiger partial charge in [-0.25, -0.2) is 4.79 Å². The van der Waals surface area contributed by atoms with Crippen LogP contribution in [0, 0.1) is 20.2 Å². The number of rotatable bonds is 5. The molecule has 0 spiro atoms. The van der Waals surface area contributed by atoms with Gasteiger partial charge in [0.15, 0.2) is 5.78 Å². The summed E-state index contributed by atoms with van der Waals surface area (Å²) in [5.74, 6) is -0.358. The Labute approximate surface area is 182 Å². The zero-order valence-corrected chi connectivity index (χ0v) is 17.1. The normalized spacial score (nSPS) is 16.3. The molecular weight excluding hydrogens is 418 g/mol. The first-order valence-electron chi connectivity index (χ1n) is 9.65. The molecule has 10 nitrogen and oxygen atoms in total. The number of amides is 1. The van der Waals surface area contributed by atoms with Crippen molar-refractivity contribution < 1.29 is 24.2 Å². The van der Waals surface area contributed by atoms with Gasteiger partial charge in [-0.2, -0.15) is 0 Å². The van der Waals surface area contributed by atoms with Crippen LogP contribution in [0.4, 0.5) is 16.2 Å². The Morgan fingerprint density at radius 2 is 1.44 bits per heavy atom. The molecule has 0 saturated carbocycles. The second-order valence-corrected chi connectivity index (χ2v) is 6.93. The van der Waals surface area contributed by atoms with Crippen molar-refractivity contribution in [3.8, 4) is 0 Å². The molecule has 0 unspecified atom stereocenters. The molecule has 0 aliphatic carbocycles. The van der Waals surface area contributed by atoms with E-state index in [0.717, 1.165) is 0 Å². The molecule has 164 valence electrons. The summed E-state index contributed by atoms with van der Waals surface area (Å²) in [6, 6.07) is 11.6. The molecule has 3 rings (SSSR count). The Morgan fingerprint density at radius 3 is 1.84 bits per heavy atom. The zero-order valence-electron chi connectivity index (χ0n) is 17.1. The number of hydrogen-bond acceptors (Lipinski definition) is 7. The molecule has 0 N–H and O–H groups in total. The van der Waals surface area contributed by atoms with E-state index in [1.54, 1.807) is 19.1 Å². The standard InChI is InChI=1S/C22H19N3O7/c1-2-32-22(27)23-13-17(9-15-5-3-7-19(11-15)24(28)29)21(26)18(14-23)10-16-6-4-8-20(12-16)25(30)31/h3-12H,2,13-14H2,1H3/b17-9-,18-10+. The largest absolute Gasteiger partial charge is 0.450 e. The van der Waals surface area contributed by atoms with Crippen molar-refractivity contribution in [2.24, 2.45) is 0 Å². The number of carbonyl (C=O) groups is 2. The second kappa shape index (κ2) is 9.65. The van der Waals surface area contributed by atoms with E-state index in [1.165, 1.54) is 53.5 Å². The van der Waals surface area contributed by atoms with E-state index in [1.807, 2.05) is 0 Å². The van der Waals surface area contributed by atoms with Gasteiger partial charge in [0.2, 0.25) is 0 Å². The summed E-state index contributed by atoms with van der Waals surface area (Å²) in [6.07, 6.45) is 2.36. The number of hydrogen-bond donors (Lipinski definition) is 0. The van der Waals surface area contributed by atoms with Crippen molar-refractivity contribution in [3.05, 3.63) is 91.0 Å². The van der Waals surface area contributed by atoms with Gasteiger partial charge in [0, 0.05) is 35.4 Å². The lowest BCUT2D eigenvalue weighted by Gasteiger charge is -2.29. The number of nitro benzene ring substituents is 2. The van der Waals surface area contributed by atoms with Crippen molar-refractivity contribution in [2.75, 3.05) is 19.7 Å². The maximum absolute atomic E-state index is 13.1. The highest BCUT2D eigenvalue weighted by atomic mass is 16.6. The van der Waals surface area contributed by atoms with E-state index in [2.05, 4.69) is 0 Å². The first-order valence-corrected chi connectivity index (χ1v) is 9.65. The van der Waals surface area contributed by atoms with Gasteiger partial charge in [0.05, 0.1) is 29.5 Å². The average Bonchev–Trinajstić information content (AvgIpc) is 2.77. The Kier molecular flexibility index (Phi) is 6.74. The first kappa shape index (κ1) is 22.3. The fourth-order valence-electron chi connectivity index (χ4n) is 3.24. The number of nitrogens with zero attached hydrogens (tertiary/aromatic N) is 3. The van der Waals surface area contributed by atoms with Crippen LogP contribution in [0.1, 0.15) is 18.1 Å². The smallest absolute Gasteiger partial charge is 0.410 e. The van der Waals surface area contributed by atoms with Crippen molar-refractivity contribution in [1.82, 2.24) is 4.90 Å². The molecular formula is C22H19N3O7. The van der Waals surface area contributed by atoms with Gasteiger partial charge in [0.25, 0.3) is 11.4 Å². The van der Waals surface area contributed by atoms with E-state index in [-0.39, 0.29) is 48.0 Å². The van der Waals surface area contributed by atoms with Crippen LogP contribution in [0.2, 0.25) is 0 Å².